The van der Waals surface area contributed by atoms with Gasteiger partial charge in [0.1, 0.15) is 6.10 Å². The molecule has 0 aromatic heterocycles. The van der Waals surface area contributed by atoms with Crippen LogP contribution in [0.15, 0.2) is 10.2 Å². The molecule has 0 aromatic carbocycles. The highest BCUT2D eigenvalue weighted by Crippen LogP contribution is 2.56. The van der Waals surface area contributed by atoms with Crippen molar-refractivity contribution in [3.63, 3.8) is 0 Å². The van der Waals surface area contributed by atoms with Crippen LogP contribution in [0.5, 0.6) is 0 Å². The number of halogens is 1. The Bertz CT molecular complexity index is 390. The SMILES string of the molecule is O=C(C[C@@H]1CC2(CC2)[C@H](O)[C@@H](/C=C/I)O1)NC1CC1. The monoisotopic (exact) mass is 377 g/mol. The van der Waals surface area contributed by atoms with Crippen LogP contribution in [0.3, 0.4) is 0 Å². The van der Waals surface area contributed by atoms with E-state index in [1.54, 1.807) is 0 Å². The molecule has 4 nitrogen and oxygen atoms in total. The zero-order valence-electron chi connectivity index (χ0n) is 10.8. The molecule has 3 rings (SSSR count). The molecule has 0 aromatic rings. The first-order valence-electron chi connectivity index (χ1n) is 7.03. The molecule has 3 atom stereocenters. The summed E-state index contributed by atoms with van der Waals surface area (Å²) in [6.07, 6.45) is 6.76. The molecular formula is C14H20INO3. The fourth-order valence-corrected chi connectivity index (χ4v) is 3.40. The molecule has 1 saturated heterocycles. The molecule has 0 bridgehead atoms. The molecule has 1 amide bonds. The molecule has 3 aliphatic rings. The lowest BCUT2D eigenvalue weighted by molar-refractivity contribution is -0.146. The van der Waals surface area contributed by atoms with E-state index in [0.717, 1.165) is 32.1 Å². The van der Waals surface area contributed by atoms with Crippen LogP contribution >= 0.6 is 22.6 Å². The van der Waals surface area contributed by atoms with Crippen molar-refractivity contribution in [1.82, 2.24) is 5.32 Å². The molecule has 3 fully saturated rings. The Labute approximate surface area is 127 Å². The number of aliphatic hydroxyl groups is 1. The number of amides is 1. The highest BCUT2D eigenvalue weighted by atomic mass is 127. The zero-order chi connectivity index (χ0) is 13.5. The van der Waals surface area contributed by atoms with Gasteiger partial charge in [0, 0.05) is 11.5 Å². The van der Waals surface area contributed by atoms with Gasteiger partial charge in [0.15, 0.2) is 0 Å². The van der Waals surface area contributed by atoms with Gasteiger partial charge in [-0.15, -0.1) is 0 Å². The van der Waals surface area contributed by atoms with Crippen molar-refractivity contribution >= 4 is 28.5 Å². The van der Waals surface area contributed by atoms with Gasteiger partial charge < -0.3 is 15.2 Å². The standard InChI is InChI=1S/C14H20INO3/c15-6-3-11-13(18)14(4-5-14)8-10(19-11)7-12(17)16-9-1-2-9/h3,6,9-11,13,18H,1-2,4-5,7-8H2,(H,16,17)/b6-3+/t10-,11-,13-/m1/s1. The van der Waals surface area contributed by atoms with Gasteiger partial charge in [-0.25, -0.2) is 0 Å². The molecule has 1 heterocycles. The summed E-state index contributed by atoms with van der Waals surface area (Å²) < 4.78 is 7.77. The number of rotatable bonds is 4. The molecule has 2 saturated carbocycles. The van der Waals surface area contributed by atoms with Gasteiger partial charge in [-0.3, -0.25) is 4.79 Å². The third kappa shape index (κ3) is 3.13. The Hall–Kier alpha value is -0.140. The van der Waals surface area contributed by atoms with Gasteiger partial charge in [0.25, 0.3) is 0 Å². The Kier molecular flexibility index (Phi) is 3.88. The zero-order valence-corrected chi connectivity index (χ0v) is 13.0. The summed E-state index contributed by atoms with van der Waals surface area (Å²) in [6, 6.07) is 0.404. The van der Waals surface area contributed by atoms with Crippen LogP contribution in [0, 0.1) is 5.41 Å². The van der Waals surface area contributed by atoms with E-state index < -0.39 is 6.10 Å². The predicted octanol–water partition coefficient (Wildman–Crippen LogP) is 1.90. The predicted molar refractivity (Wildman–Crippen MR) is 79.9 cm³/mol. The van der Waals surface area contributed by atoms with Crippen LogP contribution in [0.2, 0.25) is 0 Å². The van der Waals surface area contributed by atoms with Gasteiger partial charge in [0.2, 0.25) is 5.91 Å². The molecule has 2 N–H and O–H groups in total. The number of nitrogens with one attached hydrogen (secondary N) is 1. The van der Waals surface area contributed by atoms with Crippen LogP contribution < -0.4 is 5.32 Å². The van der Waals surface area contributed by atoms with Crippen LogP contribution in [-0.4, -0.2) is 35.4 Å². The van der Waals surface area contributed by atoms with Crippen LogP contribution in [-0.2, 0) is 9.53 Å². The second-order valence-electron chi connectivity index (χ2n) is 6.10. The highest BCUT2D eigenvalue weighted by molar-refractivity contribution is 14.1. The van der Waals surface area contributed by atoms with Gasteiger partial charge >= 0.3 is 0 Å². The summed E-state index contributed by atoms with van der Waals surface area (Å²) in [5.41, 5.74) is 0.0175. The minimum absolute atomic E-state index is 0.0175. The molecule has 1 spiro atoms. The maximum atomic E-state index is 11.9. The maximum absolute atomic E-state index is 11.9. The van der Waals surface area contributed by atoms with E-state index in [-0.39, 0.29) is 23.5 Å². The number of carbonyl (C=O) groups is 1. The average molecular weight is 377 g/mol. The molecule has 0 unspecified atom stereocenters. The lowest BCUT2D eigenvalue weighted by Crippen LogP contribution is -2.46. The lowest BCUT2D eigenvalue weighted by atomic mass is 9.84. The second-order valence-corrected chi connectivity index (χ2v) is 6.82. The highest BCUT2D eigenvalue weighted by Gasteiger charge is 2.56. The van der Waals surface area contributed by atoms with Gasteiger partial charge in [-0.2, -0.15) is 0 Å². The summed E-state index contributed by atoms with van der Waals surface area (Å²) in [7, 11) is 0. The number of ether oxygens (including phenoxy) is 1. The third-order valence-corrected chi connectivity index (χ3v) is 4.85. The van der Waals surface area contributed by atoms with Crippen LogP contribution in [0.1, 0.15) is 38.5 Å². The molecule has 106 valence electrons. The summed E-state index contributed by atoms with van der Waals surface area (Å²) in [6.45, 7) is 0. The molecule has 5 heteroatoms. The van der Waals surface area contributed by atoms with Crippen LogP contribution in [0.4, 0.5) is 0 Å². The van der Waals surface area contributed by atoms with E-state index in [9.17, 15) is 9.90 Å². The van der Waals surface area contributed by atoms with Crippen molar-refractivity contribution in [2.45, 2.75) is 62.9 Å². The summed E-state index contributed by atoms with van der Waals surface area (Å²) in [5, 5.41) is 13.3. The quantitative estimate of drug-likeness (QED) is 0.736. The Balaban J connectivity index is 1.60. The number of aliphatic hydroxyl groups excluding tert-OH is 1. The number of hydrogen-bond donors (Lipinski definition) is 2. The average Bonchev–Trinajstić information content (AvgIpc) is 3.24. The molecule has 1 aliphatic heterocycles. The van der Waals surface area contributed by atoms with Crippen molar-refractivity contribution < 1.29 is 14.6 Å². The Morgan fingerprint density at radius 2 is 2.21 bits per heavy atom. The molecule has 19 heavy (non-hydrogen) atoms. The topological polar surface area (TPSA) is 58.6 Å². The Morgan fingerprint density at radius 3 is 2.79 bits per heavy atom. The van der Waals surface area contributed by atoms with E-state index in [0.29, 0.717) is 12.5 Å². The number of carbonyl (C=O) groups excluding carboxylic acids is 1. The minimum Gasteiger partial charge on any atom is -0.389 e. The molecular weight excluding hydrogens is 357 g/mol. The first-order valence-corrected chi connectivity index (χ1v) is 8.27. The van der Waals surface area contributed by atoms with E-state index in [1.165, 1.54) is 0 Å². The summed E-state index contributed by atoms with van der Waals surface area (Å²) in [4.78, 5) is 11.9. The minimum atomic E-state index is -0.416. The Morgan fingerprint density at radius 1 is 1.47 bits per heavy atom. The fraction of sp³-hybridized carbons (Fsp3) is 0.786. The van der Waals surface area contributed by atoms with Gasteiger partial charge in [0.05, 0.1) is 18.6 Å². The van der Waals surface area contributed by atoms with E-state index >= 15 is 0 Å². The third-order valence-electron chi connectivity index (χ3n) is 4.43. The van der Waals surface area contributed by atoms with Crippen LogP contribution in [0.25, 0.3) is 0 Å². The first-order chi connectivity index (χ1) is 9.13. The first kappa shape index (κ1) is 13.8. The smallest absolute Gasteiger partial charge is 0.222 e. The number of hydrogen-bond acceptors (Lipinski definition) is 3. The maximum Gasteiger partial charge on any atom is 0.222 e. The van der Waals surface area contributed by atoms with E-state index in [4.69, 9.17) is 4.74 Å². The largest absolute Gasteiger partial charge is 0.389 e. The van der Waals surface area contributed by atoms with Crippen molar-refractivity contribution in [1.29, 1.82) is 0 Å². The normalized spacial score (nSPS) is 36.6. The lowest BCUT2D eigenvalue weighted by Gasteiger charge is -2.38. The van der Waals surface area contributed by atoms with Crippen molar-refractivity contribution in [3.05, 3.63) is 10.2 Å². The van der Waals surface area contributed by atoms with Gasteiger partial charge in [-0.1, -0.05) is 22.6 Å². The van der Waals surface area contributed by atoms with Gasteiger partial charge in [-0.05, 0) is 42.3 Å². The van der Waals surface area contributed by atoms with E-state index in [1.807, 2.05) is 10.2 Å². The second kappa shape index (κ2) is 5.33. The van der Waals surface area contributed by atoms with Crippen molar-refractivity contribution in [3.8, 4) is 0 Å². The molecule has 0 radical (unpaired) electrons. The molecule has 2 aliphatic carbocycles. The van der Waals surface area contributed by atoms with E-state index in [2.05, 4.69) is 27.9 Å². The van der Waals surface area contributed by atoms with Crippen molar-refractivity contribution in [2.24, 2.45) is 5.41 Å². The fourth-order valence-electron chi connectivity index (χ4n) is 2.99. The summed E-state index contributed by atoms with van der Waals surface area (Å²) in [5.74, 6) is 0.0943. The van der Waals surface area contributed by atoms with Crippen molar-refractivity contribution in [2.75, 3.05) is 0 Å². The summed E-state index contributed by atoms with van der Waals surface area (Å²) >= 11 is 2.14.